The molecule has 17 heavy (non-hydrogen) atoms. The van der Waals surface area contributed by atoms with Crippen molar-refractivity contribution in [3.63, 3.8) is 0 Å². The van der Waals surface area contributed by atoms with E-state index in [9.17, 15) is 4.79 Å². The molecule has 1 amide bonds. The van der Waals surface area contributed by atoms with Crippen molar-refractivity contribution in [2.45, 2.75) is 27.2 Å². The van der Waals surface area contributed by atoms with Gasteiger partial charge >= 0.3 is 0 Å². The Kier molecular flexibility index (Phi) is 3.99. The van der Waals surface area contributed by atoms with Crippen molar-refractivity contribution in [1.82, 2.24) is 0 Å². The van der Waals surface area contributed by atoms with Crippen LogP contribution in [0.1, 0.15) is 37.6 Å². The van der Waals surface area contributed by atoms with Gasteiger partial charge in [-0.25, -0.2) is 0 Å². The molecular formula is C13H21N3O. The van der Waals surface area contributed by atoms with Crippen LogP contribution in [0.25, 0.3) is 0 Å². The Hall–Kier alpha value is -1.71. The van der Waals surface area contributed by atoms with E-state index >= 15 is 0 Å². The summed E-state index contributed by atoms with van der Waals surface area (Å²) in [6, 6.07) is 5.26. The Morgan fingerprint density at radius 1 is 1.41 bits per heavy atom. The molecule has 0 spiro atoms. The van der Waals surface area contributed by atoms with Crippen LogP contribution in [0.15, 0.2) is 18.2 Å². The Labute approximate surface area is 102 Å². The number of carbonyl (C=O) groups excluding carboxylic acids is 1. The van der Waals surface area contributed by atoms with Crippen LogP contribution in [0.2, 0.25) is 0 Å². The third kappa shape index (κ3) is 3.37. The van der Waals surface area contributed by atoms with Crippen LogP contribution in [0.3, 0.4) is 0 Å². The van der Waals surface area contributed by atoms with Gasteiger partial charge in [0.1, 0.15) is 0 Å². The molecule has 4 heteroatoms. The lowest BCUT2D eigenvalue weighted by atomic mass is 9.90. The third-order valence-electron chi connectivity index (χ3n) is 3.09. The lowest BCUT2D eigenvalue weighted by molar-refractivity contribution is 0.100. The number of para-hydroxylation sites is 1. The van der Waals surface area contributed by atoms with Gasteiger partial charge in [0.2, 0.25) is 0 Å². The van der Waals surface area contributed by atoms with Gasteiger partial charge in [-0.2, -0.15) is 0 Å². The number of carbonyl (C=O) groups is 1. The summed E-state index contributed by atoms with van der Waals surface area (Å²) in [4.78, 5) is 11.1. The molecule has 0 atom stereocenters. The van der Waals surface area contributed by atoms with E-state index < -0.39 is 5.91 Å². The predicted molar refractivity (Wildman–Crippen MR) is 71.9 cm³/mol. The number of nitrogens with one attached hydrogen (secondary N) is 1. The molecule has 1 rings (SSSR count). The van der Waals surface area contributed by atoms with Gasteiger partial charge < -0.3 is 16.8 Å². The Balaban J connectivity index is 2.86. The number of hydrogen-bond donors (Lipinski definition) is 3. The SMILES string of the molecule is CCC(C)(C)CNc1cccc(C(N)=O)c1N. The van der Waals surface area contributed by atoms with E-state index in [4.69, 9.17) is 11.5 Å². The summed E-state index contributed by atoms with van der Waals surface area (Å²) >= 11 is 0. The van der Waals surface area contributed by atoms with Gasteiger partial charge in [-0.15, -0.1) is 0 Å². The standard InChI is InChI=1S/C13H21N3O/c1-4-13(2,3)8-16-10-7-5-6-9(11(10)14)12(15)17/h5-7,16H,4,8,14H2,1-3H3,(H2,15,17). The lowest BCUT2D eigenvalue weighted by Crippen LogP contribution is -2.23. The molecule has 5 N–H and O–H groups in total. The molecule has 0 radical (unpaired) electrons. The molecule has 0 aliphatic rings. The quantitative estimate of drug-likeness (QED) is 0.684. The maximum atomic E-state index is 11.1. The van der Waals surface area contributed by atoms with E-state index in [0.29, 0.717) is 11.3 Å². The van der Waals surface area contributed by atoms with Gasteiger partial charge in [-0.3, -0.25) is 4.79 Å². The highest BCUT2D eigenvalue weighted by atomic mass is 16.1. The highest BCUT2D eigenvalue weighted by Gasteiger charge is 2.16. The highest BCUT2D eigenvalue weighted by molar-refractivity contribution is 6.00. The van der Waals surface area contributed by atoms with Crippen molar-refractivity contribution in [2.75, 3.05) is 17.6 Å². The van der Waals surface area contributed by atoms with Gasteiger partial charge in [0.25, 0.3) is 5.91 Å². The van der Waals surface area contributed by atoms with Crippen molar-refractivity contribution in [3.8, 4) is 0 Å². The van der Waals surface area contributed by atoms with E-state index in [1.807, 2.05) is 6.07 Å². The van der Waals surface area contributed by atoms with E-state index in [2.05, 4.69) is 26.1 Å². The fourth-order valence-electron chi connectivity index (χ4n) is 1.39. The van der Waals surface area contributed by atoms with Gasteiger partial charge in [0, 0.05) is 6.54 Å². The summed E-state index contributed by atoms with van der Waals surface area (Å²) in [5, 5.41) is 3.27. The molecule has 0 fully saturated rings. The zero-order valence-corrected chi connectivity index (χ0v) is 10.7. The second-order valence-corrected chi connectivity index (χ2v) is 5.00. The van der Waals surface area contributed by atoms with Crippen LogP contribution in [0, 0.1) is 5.41 Å². The van der Waals surface area contributed by atoms with Gasteiger partial charge in [-0.05, 0) is 24.0 Å². The fraction of sp³-hybridized carbons (Fsp3) is 0.462. The molecule has 1 aromatic rings. The minimum absolute atomic E-state index is 0.190. The molecule has 0 aliphatic carbocycles. The summed E-state index contributed by atoms with van der Waals surface area (Å²) in [5.74, 6) is -0.499. The van der Waals surface area contributed by atoms with Crippen molar-refractivity contribution in [2.24, 2.45) is 11.1 Å². The summed E-state index contributed by atoms with van der Waals surface area (Å²) in [5.41, 5.74) is 12.9. The molecule has 0 heterocycles. The molecule has 0 bridgehead atoms. The lowest BCUT2D eigenvalue weighted by Gasteiger charge is -2.24. The summed E-state index contributed by atoms with van der Waals surface area (Å²) in [6.45, 7) is 7.29. The van der Waals surface area contributed by atoms with Crippen LogP contribution in [0.4, 0.5) is 11.4 Å². The first kappa shape index (κ1) is 13.4. The molecule has 1 aromatic carbocycles. The summed E-state index contributed by atoms with van der Waals surface area (Å²) < 4.78 is 0. The number of nitrogens with two attached hydrogens (primary N) is 2. The molecule has 0 saturated carbocycles. The first-order chi connectivity index (χ1) is 7.87. The van der Waals surface area contributed by atoms with Crippen molar-refractivity contribution in [3.05, 3.63) is 23.8 Å². The average molecular weight is 235 g/mol. The first-order valence-corrected chi connectivity index (χ1v) is 5.79. The number of primary amides is 1. The van der Waals surface area contributed by atoms with Crippen LogP contribution >= 0.6 is 0 Å². The first-order valence-electron chi connectivity index (χ1n) is 5.79. The van der Waals surface area contributed by atoms with Crippen molar-refractivity contribution < 1.29 is 4.79 Å². The second kappa shape index (κ2) is 5.08. The topological polar surface area (TPSA) is 81.1 Å². The normalized spacial score (nSPS) is 11.2. The average Bonchev–Trinajstić information content (AvgIpc) is 2.27. The maximum Gasteiger partial charge on any atom is 0.250 e. The van der Waals surface area contributed by atoms with Crippen molar-refractivity contribution >= 4 is 17.3 Å². The number of anilines is 2. The Morgan fingerprint density at radius 2 is 2.06 bits per heavy atom. The minimum atomic E-state index is -0.499. The zero-order chi connectivity index (χ0) is 13.1. The van der Waals surface area contributed by atoms with Crippen LogP contribution in [-0.4, -0.2) is 12.5 Å². The van der Waals surface area contributed by atoms with Crippen molar-refractivity contribution in [1.29, 1.82) is 0 Å². The van der Waals surface area contributed by atoms with Crippen LogP contribution in [-0.2, 0) is 0 Å². The Bertz CT molecular complexity index is 413. The zero-order valence-electron chi connectivity index (χ0n) is 10.7. The summed E-state index contributed by atoms with van der Waals surface area (Å²) in [6.07, 6.45) is 1.06. The number of benzene rings is 1. The molecule has 4 nitrogen and oxygen atoms in total. The van der Waals surface area contributed by atoms with Gasteiger partial charge in [0.05, 0.1) is 16.9 Å². The van der Waals surface area contributed by atoms with E-state index in [1.165, 1.54) is 0 Å². The number of nitrogen functional groups attached to an aromatic ring is 1. The molecule has 0 unspecified atom stereocenters. The molecule has 0 saturated heterocycles. The second-order valence-electron chi connectivity index (χ2n) is 5.00. The largest absolute Gasteiger partial charge is 0.396 e. The monoisotopic (exact) mass is 235 g/mol. The Morgan fingerprint density at radius 3 is 2.59 bits per heavy atom. The number of rotatable bonds is 5. The highest BCUT2D eigenvalue weighted by Crippen LogP contribution is 2.25. The minimum Gasteiger partial charge on any atom is -0.396 e. The van der Waals surface area contributed by atoms with E-state index in [1.54, 1.807) is 12.1 Å². The third-order valence-corrected chi connectivity index (χ3v) is 3.09. The van der Waals surface area contributed by atoms with E-state index in [0.717, 1.165) is 18.7 Å². The summed E-state index contributed by atoms with van der Waals surface area (Å²) in [7, 11) is 0. The smallest absolute Gasteiger partial charge is 0.250 e. The molecule has 0 aliphatic heterocycles. The molecule has 0 aromatic heterocycles. The number of amides is 1. The molecular weight excluding hydrogens is 214 g/mol. The maximum absolute atomic E-state index is 11.1. The fourth-order valence-corrected chi connectivity index (χ4v) is 1.39. The van der Waals surface area contributed by atoms with Crippen LogP contribution < -0.4 is 16.8 Å². The van der Waals surface area contributed by atoms with Crippen LogP contribution in [0.5, 0.6) is 0 Å². The van der Waals surface area contributed by atoms with Gasteiger partial charge in [0.15, 0.2) is 0 Å². The van der Waals surface area contributed by atoms with Gasteiger partial charge in [-0.1, -0.05) is 26.8 Å². The van der Waals surface area contributed by atoms with E-state index in [-0.39, 0.29) is 5.41 Å². The number of hydrogen-bond acceptors (Lipinski definition) is 3. The molecule has 94 valence electrons. The predicted octanol–water partition coefficient (Wildman–Crippen LogP) is 2.22.